The first-order valence-electron chi connectivity index (χ1n) is 7.61. The zero-order valence-electron chi connectivity index (χ0n) is 13.8. The summed E-state index contributed by atoms with van der Waals surface area (Å²) in [6.45, 7) is 1.79. The number of aromatic nitrogens is 2. The van der Waals surface area contributed by atoms with Crippen LogP contribution in [0.2, 0.25) is 15.1 Å². The quantitative estimate of drug-likeness (QED) is 0.327. The van der Waals surface area contributed by atoms with E-state index in [9.17, 15) is 4.79 Å². The number of rotatable bonds is 5. The van der Waals surface area contributed by atoms with Crippen LogP contribution in [-0.4, -0.2) is 20.9 Å². The predicted octanol–water partition coefficient (Wildman–Crippen LogP) is 6.74. The summed E-state index contributed by atoms with van der Waals surface area (Å²) in [4.78, 5) is 12.4. The Bertz CT molecular complexity index is 1010. The minimum Gasteiger partial charge on any atom is -0.325 e. The minimum atomic E-state index is -0.387. The molecule has 4 nitrogen and oxygen atoms in total. The fourth-order valence-electron chi connectivity index (χ4n) is 2.13. The van der Waals surface area contributed by atoms with E-state index < -0.39 is 0 Å². The van der Waals surface area contributed by atoms with Crippen molar-refractivity contribution in [1.29, 1.82) is 0 Å². The Hall–Kier alpha value is -1.09. The number of nitrogens with one attached hydrogen (secondary N) is 1. The fraction of sp³-hybridized carbons (Fsp3) is 0.118. The molecule has 1 heterocycles. The van der Waals surface area contributed by atoms with Gasteiger partial charge in [-0.15, -0.1) is 5.10 Å². The molecule has 0 aliphatic carbocycles. The number of thioether (sulfide) groups is 1. The van der Waals surface area contributed by atoms with Gasteiger partial charge in [-0.05, 0) is 61.6 Å². The van der Waals surface area contributed by atoms with Crippen LogP contribution in [0.25, 0.3) is 5.69 Å². The van der Waals surface area contributed by atoms with E-state index in [2.05, 4.69) is 10.4 Å². The van der Waals surface area contributed by atoms with E-state index in [1.807, 2.05) is 12.1 Å². The van der Waals surface area contributed by atoms with E-state index in [-0.39, 0.29) is 11.2 Å². The van der Waals surface area contributed by atoms with Crippen LogP contribution in [0.1, 0.15) is 6.92 Å². The van der Waals surface area contributed by atoms with Crippen molar-refractivity contribution in [2.24, 2.45) is 0 Å². The smallest absolute Gasteiger partial charge is 0.237 e. The number of anilines is 1. The first-order chi connectivity index (χ1) is 12.8. The van der Waals surface area contributed by atoms with Gasteiger partial charge in [-0.25, -0.2) is 4.68 Å². The van der Waals surface area contributed by atoms with Crippen LogP contribution in [0.5, 0.6) is 0 Å². The van der Waals surface area contributed by atoms with Crippen LogP contribution < -0.4 is 5.32 Å². The van der Waals surface area contributed by atoms with Crippen LogP contribution in [0.4, 0.5) is 5.69 Å². The lowest BCUT2D eigenvalue weighted by atomic mass is 10.3. The van der Waals surface area contributed by atoms with E-state index in [0.717, 1.165) is 5.69 Å². The van der Waals surface area contributed by atoms with E-state index >= 15 is 0 Å². The second kappa shape index (κ2) is 8.94. The number of benzene rings is 2. The normalized spacial score (nSPS) is 12.0. The van der Waals surface area contributed by atoms with Gasteiger partial charge in [0.05, 0.1) is 10.9 Å². The van der Waals surface area contributed by atoms with Crippen molar-refractivity contribution in [1.82, 2.24) is 9.78 Å². The Morgan fingerprint density at radius 2 is 1.78 bits per heavy atom. The second-order valence-corrected chi connectivity index (χ2v) is 9.95. The Labute approximate surface area is 184 Å². The molecule has 1 atom stereocenters. The maximum absolute atomic E-state index is 12.4. The number of hydrogen-bond acceptors (Lipinski definition) is 5. The van der Waals surface area contributed by atoms with Crippen molar-refractivity contribution in [2.45, 2.75) is 16.5 Å². The average Bonchev–Trinajstić information content (AvgIpc) is 2.94. The molecule has 0 spiro atoms. The third-order valence-corrected chi connectivity index (χ3v) is 6.48. The van der Waals surface area contributed by atoms with E-state index in [1.54, 1.807) is 41.9 Å². The maximum Gasteiger partial charge on any atom is 0.237 e. The highest BCUT2D eigenvalue weighted by atomic mass is 35.5. The molecular weight excluding hydrogens is 465 g/mol. The number of amides is 1. The molecule has 0 bridgehead atoms. The molecule has 140 valence electrons. The Kier molecular flexibility index (Phi) is 6.83. The van der Waals surface area contributed by atoms with Gasteiger partial charge in [0.1, 0.15) is 0 Å². The maximum atomic E-state index is 12.4. The summed E-state index contributed by atoms with van der Waals surface area (Å²) in [6.07, 6.45) is 0. The third kappa shape index (κ3) is 5.47. The molecule has 1 aromatic heterocycles. The van der Waals surface area contributed by atoms with Gasteiger partial charge in [-0.2, -0.15) is 0 Å². The summed E-state index contributed by atoms with van der Waals surface area (Å²) in [5.74, 6) is -0.183. The van der Waals surface area contributed by atoms with Crippen LogP contribution in [0.3, 0.4) is 0 Å². The van der Waals surface area contributed by atoms with Crippen LogP contribution in [0, 0.1) is 3.95 Å². The number of carbonyl (C=O) groups is 1. The molecule has 0 aliphatic heterocycles. The largest absolute Gasteiger partial charge is 0.325 e. The van der Waals surface area contributed by atoms with Crippen molar-refractivity contribution in [2.75, 3.05) is 5.32 Å². The van der Waals surface area contributed by atoms with Crippen LogP contribution >= 0.6 is 70.1 Å². The topological polar surface area (TPSA) is 46.9 Å². The highest BCUT2D eigenvalue weighted by Crippen LogP contribution is 2.29. The van der Waals surface area contributed by atoms with Gasteiger partial charge < -0.3 is 5.32 Å². The first-order valence-corrected chi connectivity index (χ1v) is 10.9. The number of halogens is 3. The Morgan fingerprint density at radius 1 is 1.15 bits per heavy atom. The van der Waals surface area contributed by atoms with Crippen molar-refractivity contribution in [3.05, 3.63) is 61.5 Å². The molecule has 3 rings (SSSR count). The average molecular weight is 477 g/mol. The SMILES string of the molecule is CC(Sc1nn(-c2ccc(Cl)cc2)c(=S)s1)C(=O)Nc1cc(Cl)cc(Cl)c1. The van der Waals surface area contributed by atoms with Crippen molar-refractivity contribution < 1.29 is 4.79 Å². The lowest BCUT2D eigenvalue weighted by molar-refractivity contribution is -0.115. The van der Waals surface area contributed by atoms with Crippen LogP contribution in [-0.2, 0) is 4.79 Å². The first kappa shape index (κ1) is 20.6. The molecule has 27 heavy (non-hydrogen) atoms. The predicted molar refractivity (Wildman–Crippen MR) is 118 cm³/mol. The number of carbonyl (C=O) groups excluding carboxylic acids is 1. The standard InChI is InChI=1S/C17H12Cl3N3OS3/c1-9(15(24)21-13-7-11(19)6-12(20)8-13)26-16-22-23(17(25)27-16)14-4-2-10(18)3-5-14/h2-9H,1H3,(H,21,24). The monoisotopic (exact) mass is 475 g/mol. The van der Waals surface area contributed by atoms with Crippen molar-refractivity contribution in [3.8, 4) is 5.69 Å². The molecule has 0 saturated heterocycles. The minimum absolute atomic E-state index is 0.183. The molecular formula is C17H12Cl3N3OS3. The molecule has 3 aromatic rings. The highest BCUT2D eigenvalue weighted by Gasteiger charge is 2.18. The summed E-state index contributed by atoms with van der Waals surface area (Å²) in [7, 11) is 0. The molecule has 10 heteroatoms. The summed E-state index contributed by atoms with van der Waals surface area (Å²) in [5.41, 5.74) is 1.36. The Morgan fingerprint density at radius 3 is 2.41 bits per heavy atom. The molecule has 1 amide bonds. The van der Waals surface area contributed by atoms with E-state index in [1.165, 1.54) is 23.1 Å². The molecule has 1 N–H and O–H groups in total. The molecule has 0 saturated carbocycles. The zero-order valence-corrected chi connectivity index (χ0v) is 18.5. The Balaban J connectivity index is 1.71. The molecule has 0 radical (unpaired) electrons. The van der Waals surface area contributed by atoms with Gasteiger partial charge in [0.25, 0.3) is 0 Å². The van der Waals surface area contributed by atoms with Crippen molar-refractivity contribution >= 4 is 81.7 Å². The lowest BCUT2D eigenvalue weighted by Crippen LogP contribution is -2.22. The third-order valence-electron chi connectivity index (χ3n) is 3.38. The molecule has 2 aromatic carbocycles. The van der Waals surface area contributed by atoms with Gasteiger partial charge >= 0.3 is 0 Å². The van der Waals surface area contributed by atoms with Gasteiger partial charge in [-0.1, -0.05) is 57.9 Å². The van der Waals surface area contributed by atoms with Gasteiger partial charge in [0.2, 0.25) is 5.91 Å². The van der Waals surface area contributed by atoms with E-state index in [0.29, 0.717) is 29.0 Å². The van der Waals surface area contributed by atoms with Gasteiger partial charge in [0.15, 0.2) is 8.29 Å². The van der Waals surface area contributed by atoms with Gasteiger partial charge in [-0.3, -0.25) is 4.79 Å². The highest BCUT2D eigenvalue weighted by molar-refractivity contribution is 8.02. The van der Waals surface area contributed by atoms with Crippen LogP contribution in [0.15, 0.2) is 46.8 Å². The second-order valence-electron chi connectivity index (χ2n) is 5.43. The number of hydrogen-bond donors (Lipinski definition) is 1. The molecule has 1 unspecified atom stereocenters. The molecule has 0 fully saturated rings. The summed E-state index contributed by atoms with van der Waals surface area (Å²) >= 11 is 25.9. The summed E-state index contributed by atoms with van der Waals surface area (Å²) < 4.78 is 2.94. The lowest BCUT2D eigenvalue weighted by Gasteiger charge is -2.11. The summed E-state index contributed by atoms with van der Waals surface area (Å²) in [5, 5.41) is 8.47. The van der Waals surface area contributed by atoms with Gasteiger partial charge in [0, 0.05) is 20.8 Å². The zero-order chi connectivity index (χ0) is 19.6. The number of nitrogens with zero attached hydrogens (tertiary/aromatic N) is 2. The van der Waals surface area contributed by atoms with Crippen molar-refractivity contribution in [3.63, 3.8) is 0 Å². The molecule has 0 aliphatic rings. The summed E-state index contributed by atoms with van der Waals surface area (Å²) in [6, 6.07) is 12.1. The van der Waals surface area contributed by atoms with E-state index in [4.69, 9.17) is 47.0 Å². The fourth-order valence-corrected chi connectivity index (χ4v) is 5.29.